The van der Waals surface area contributed by atoms with E-state index in [0.717, 1.165) is 37.6 Å². The number of aliphatic hydroxyl groups is 2. The molecule has 4 heteroatoms. The lowest BCUT2D eigenvalue weighted by Gasteiger charge is -2.62. The number of rotatable bonds is 1. The number of allylic oxidation sites excluding steroid dienone is 2. The second-order valence-corrected chi connectivity index (χ2v) is 11.1. The van der Waals surface area contributed by atoms with Gasteiger partial charge >= 0.3 is 0 Å². The van der Waals surface area contributed by atoms with Gasteiger partial charge in [-0.2, -0.15) is 0 Å². The molecule has 0 bridgehead atoms. The van der Waals surface area contributed by atoms with Crippen LogP contribution in [-0.2, 0) is 0 Å². The Morgan fingerprint density at radius 3 is 2.73 bits per heavy atom. The van der Waals surface area contributed by atoms with Crippen LogP contribution in [0.25, 0.3) is 16.7 Å². The van der Waals surface area contributed by atoms with E-state index < -0.39 is 0 Å². The lowest BCUT2D eigenvalue weighted by molar-refractivity contribution is -0.164. The molecular formula is C26H34N2O2. The summed E-state index contributed by atoms with van der Waals surface area (Å²) < 4.78 is 2.31. The van der Waals surface area contributed by atoms with E-state index in [1.807, 2.05) is 6.33 Å². The first-order valence-electron chi connectivity index (χ1n) is 11.9. The molecule has 4 aliphatic carbocycles. The number of nitrogens with zero attached hydrogens (tertiary/aromatic N) is 2. The number of aromatic nitrogens is 2. The zero-order valence-electron chi connectivity index (χ0n) is 18.2. The third-order valence-corrected chi connectivity index (χ3v) is 9.91. The minimum Gasteiger partial charge on any atom is -0.393 e. The quantitative estimate of drug-likeness (QED) is 0.711. The Bertz CT molecular complexity index is 1010. The van der Waals surface area contributed by atoms with Crippen LogP contribution in [-0.4, -0.2) is 32.0 Å². The fourth-order valence-corrected chi connectivity index (χ4v) is 8.28. The van der Waals surface area contributed by atoms with Crippen LogP contribution in [0.5, 0.6) is 0 Å². The van der Waals surface area contributed by atoms with Crippen LogP contribution in [0.3, 0.4) is 0 Å². The highest BCUT2D eigenvalue weighted by Crippen LogP contribution is 2.67. The van der Waals surface area contributed by atoms with E-state index in [1.165, 1.54) is 24.1 Å². The predicted octanol–water partition coefficient (Wildman–Crippen LogP) is 4.86. The molecule has 0 radical (unpaired) electrons. The molecule has 2 N–H and O–H groups in total. The molecule has 1 aromatic carbocycles. The Morgan fingerprint density at radius 2 is 1.87 bits per heavy atom. The summed E-state index contributed by atoms with van der Waals surface area (Å²) in [6.07, 6.45) is 11.2. The van der Waals surface area contributed by atoms with E-state index >= 15 is 0 Å². The lowest BCUT2D eigenvalue weighted by atomic mass is 9.44. The van der Waals surface area contributed by atoms with Crippen molar-refractivity contribution in [2.45, 2.75) is 71.0 Å². The molecule has 3 saturated carbocycles. The fourth-order valence-electron chi connectivity index (χ4n) is 8.28. The van der Waals surface area contributed by atoms with Gasteiger partial charge in [-0.1, -0.05) is 32.1 Å². The van der Waals surface area contributed by atoms with Crippen LogP contribution < -0.4 is 0 Å². The maximum atomic E-state index is 11.4. The molecule has 4 aliphatic rings. The summed E-state index contributed by atoms with van der Waals surface area (Å²) in [5.41, 5.74) is 3.98. The molecule has 0 aliphatic heterocycles. The third kappa shape index (κ3) is 2.44. The van der Waals surface area contributed by atoms with Gasteiger partial charge in [-0.15, -0.1) is 0 Å². The van der Waals surface area contributed by atoms with Gasteiger partial charge in [0.05, 0.1) is 23.2 Å². The van der Waals surface area contributed by atoms with E-state index in [4.69, 9.17) is 0 Å². The van der Waals surface area contributed by atoms with Crippen LogP contribution in [0.4, 0.5) is 0 Å². The Morgan fingerprint density at radius 1 is 1.03 bits per heavy atom. The van der Waals surface area contributed by atoms with Crippen molar-refractivity contribution in [3.05, 3.63) is 36.7 Å². The minimum atomic E-state index is -0.240. The van der Waals surface area contributed by atoms with Crippen molar-refractivity contribution in [1.29, 1.82) is 0 Å². The third-order valence-electron chi connectivity index (χ3n) is 9.91. The average molecular weight is 407 g/mol. The molecule has 1 heterocycles. The summed E-state index contributed by atoms with van der Waals surface area (Å²) in [4.78, 5) is 4.65. The summed E-state index contributed by atoms with van der Waals surface area (Å²) in [5.74, 6) is 1.90. The second-order valence-electron chi connectivity index (χ2n) is 11.1. The zero-order valence-corrected chi connectivity index (χ0v) is 18.2. The van der Waals surface area contributed by atoms with Crippen LogP contribution >= 0.6 is 0 Å². The van der Waals surface area contributed by atoms with Crippen molar-refractivity contribution < 1.29 is 10.2 Å². The van der Waals surface area contributed by atoms with Crippen molar-refractivity contribution >= 4 is 16.7 Å². The summed E-state index contributed by atoms with van der Waals surface area (Å²) in [6.45, 7) is 4.91. The van der Waals surface area contributed by atoms with Crippen LogP contribution in [0.2, 0.25) is 0 Å². The van der Waals surface area contributed by atoms with Crippen molar-refractivity contribution in [1.82, 2.24) is 9.55 Å². The Labute approximate surface area is 179 Å². The topological polar surface area (TPSA) is 58.3 Å². The average Bonchev–Trinajstić information content (AvgIpc) is 3.30. The van der Waals surface area contributed by atoms with E-state index in [9.17, 15) is 10.2 Å². The van der Waals surface area contributed by atoms with E-state index in [-0.39, 0.29) is 23.0 Å². The molecule has 30 heavy (non-hydrogen) atoms. The fraction of sp³-hybridized carbons (Fsp3) is 0.654. The maximum Gasteiger partial charge on any atom is 0.100 e. The highest BCUT2D eigenvalue weighted by atomic mass is 16.3. The Balaban J connectivity index is 1.36. The molecule has 4 unspecified atom stereocenters. The molecular weight excluding hydrogens is 372 g/mol. The molecule has 8 atom stereocenters. The summed E-state index contributed by atoms with van der Waals surface area (Å²) in [7, 11) is 0. The standard InChI is InChI=1S/C26H34N2O2/c1-25-11-9-17(29)13-16(25)14-22(30)24-18-7-8-23(26(18,2)12-10-19(24)25)28-15-27-20-5-3-4-6-21(20)28/h3-6,8,15-19,22,24,29-30H,7,9-14H2,1-2H3/t16-,17-,18?,19?,22?,24?,25-,26-/m0/s1. The van der Waals surface area contributed by atoms with Gasteiger partial charge in [-0.25, -0.2) is 4.98 Å². The largest absolute Gasteiger partial charge is 0.393 e. The van der Waals surface area contributed by atoms with Crippen LogP contribution in [0.15, 0.2) is 36.7 Å². The Hall–Kier alpha value is -1.65. The van der Waals surface area contributed by atoms with Crippen molar-refractivity contribution in [3.63, 3.8) is 0 Å². The molecule has 4 nitrogen and oxygen atoms in total. The van der Waals surface area contributed by atoms with Gasteiger partial charge in [0, 0.05) is 11.1 Å². The minimum absolute atomic E-state index is 0.0863. The van der Waals surface area contributed by atoms with Crippen molar-refractivity contribution in [2.24, 2.45) is 34.5 Å². The van der Waals surface area contributed by atoms with Gasteiger partial charge in [-0.05, 0) is 86.2 Å². The second kappa shape index (κ2) is 6.43. The molecule has 0 amide bonds. The van der Waals surface area contributed by atoms with Crippen LogP contribution in [0.1, 0.15) is 58.8 Å². The number of aliphatic hydroxyl groups excluding tert-OH is 2. The van der Waals surface area contributed by atoms with E-state index in [0.29, 0.717) is 23.7 Å². The number of hydrogen-bond acceptors (Lipinski definition) is 3. The zero-order chi connectivity index (χ0) is 20.7. The normalized spacial score (nSPS) is 45.5. The number of imidazole rings is 1. The number of fused-ring (bicyclic) bond motifs is 6. The predicted molar refractivity (Wildman–Crippen MR) is 119 cm³/mol. The van der Waals surface area contributed by atoms with Gasteiger partial charge in [0.2, 0.25) is 0 Å². The lowest BCUT2D eigenvalue weighted by Crippen LogP contribution is -2.58. The first-order valence-corrected chi connectivity index (χ1v) is 11.9. The van der Waals surface area contributed by atoms with Gasteiger partial charge in [0.15, 0.2) is 0 Å². The molecule has 0 spiro atoms. The molecule has 0 saturated heterocycles. The first kappa shape index (κ1) is 19.1. The highest BCUT2D eigenvalue weighted by Gasteiger charge is 2.61. The molecule has 2 aromatic rings. The number of benzene rings is 1. The van der Waals surface area contributed by atoms with Crippen LogP contribution in [0, 0.1) is 34.5 Å². The highest BCUT2D eigenvalue weighted by molar-refractivity contribution is 5.80. The van der Waals surface area contributed by atoms with Crippen molar-refractivity contribution in [2.75, 3.05) is 0 Å². The molecule has 1 aromatic heterocycles. The van der Waals surface area contributed by atoms with Gasteiger partial charge in [0.1, 0.15) is 6.33 Å². The number of para-hydroxylation sites is 2. The summed E-state index contributed by atoms with van der Waals surface area (Å²) >= 11 is 0. The van der Waals surface area contributed by atoms with E-state index in [1.54, 1.807) is 0 Å². The van der Waals surface area contributed by atoms with Gasteiger partial charge in [-0.3, -0.25) is 0 Å². The monoisotopic (exact) mass is 406 g/mol. The first-order chi connectivity index (χ1) is 14.4. The smallest absolute Gasteiger partial charge is 0.100 e. The van der Waals surface area contributed by atoms with Gasteiger partial charge < -0.3 is 14.8 Å². The Kier molecular flexibility index (Phi) is 4.09. The summed E-state index contributed by atoms with van der Waals surface area (Å²) in [5, 5.41) is 21.6. The molecule has 6 rings (SSSR count). The van der Waals surface area contributed by atoms with Gasteiger partial charge in [0.25, 0.3) is 0 Å². The maximum absolute atomic E-state index is 11.4. The molecule has 160 valence electrons. The SMILES string of the molecule is C[C@]12CCC3C(C(O)C[C@@H]4C[C@@H](O)CC[C@]34C)C1CC=C2n1cnc2ccccc21. The summed E-state index contributed by atoms with van der Waals surface area (Å²) in [6, 6.07) is 8.40. The molecule has 3 fully saturated rings. The number of hydrogen-bond donors (Lipinski definition) is 2. The van der Waals surface area contributed by atoms with Crippen molar-refractivity contribution in [3.8, 4) is 0 Å². The van der Waals surface area contributed by atoms with E-state index in [2.05, 4.69) is 53.7 Å².